The Kier molecular flexibility index (Phi) is 8.25. The van der Waals surface area contributed by atoms with Crippen molar-refractivity contribution in [1.29, 1.82) is 0 Å². The van der Waals surface area contributed by atoms with Crippen molar-refractivity contribution in [2.24, 2.45) is 0 Å². The fourth-order valence-corrected chi connectivity index (χ4v) is 0.975. The number of ether oxygens (including phenoxy) is 1. The van der Waals surface area contributed by atoms with Crippen LogP contribution in [0.1, 0.15) is 6.42 Å². The minimum absolute atomic E-state index is 0. The van der Waals surface area contributed by atoms with Crippen molar-refractivity contribution in [3.8, 4) is 0 Å². The average molecular weight is 362 g/mol. The molecule has 0 aliphatic rings. The van der Waals surface area contributed by atoms with E-state index in [0.717, 1.165) is 18.7 Å². The van der Waals surface area contributed by atoms with Gasteiger partial charge in [-0.2, -0.15) is 0 Å². The summed E-state index contributed by atoms with van der Waals surface area (Å²) < 4.78 is 4.43. The Balaban J connectivity index is 0.00000169. The molecule has 1 aromatic rings. The number of nitrogens with one attached hydrogen (secondary N) is 1. The Morgan fingerprint density at radius 3 is 2.64 bits per heavy atom. The van der Waals surface area contributed by atoms with Gasteiger partial charge in [0.1, 0.15) is 0 Å². The van der Waals surface area contributed by atoms with Gasteiger partial charge in [0.2, 0.25) is 0 Å². The van der Waals surface area contributed by atoms with Crippen LogP contribution in [-0.4, -0.2) is 19.6 Å². The second-order valence-electron chi connectivity index (χ2n) is 2.58. The van der Waals surface area contributed by atoms with Gasteiger partial charge in [-0.15, -0.1) is 0 Å². The van der Waals surface area contributed by atoms with Crippen molar-refractivity contribution < 1.29 is 30.6 Å². The first-order valence-electron chi connectivity index (χ1n) is 4.21. The second kappa shape index (κ2) is 8.76. The number of rotatable bonds is 6. The minimum Gasteiger partial charge on any atom is -0.653 e. The van der Waals surface area contributed by atoms with E-state index in [0.29, 0.717) is 6.61 Å². The van der Waals surface area contributed by atoms with Crippen LogP contribution < -0.4 is 5.32 Å². The van der Waals surface area contributed by atoms with Crippen LogP contribution in [0.15, 0.2) is 30.3 Å². The molecule has 0 fully saturated rings. The zero-order valence-corrected chi connectivity index (χ0v) is 10.7. The van der Waals surface area contributed by atoms with Crippen molar-refractivity contribution in [3.05, 3.63) is 30.3 Å². The van der Waals surface area contributed by atoms with Crippen LogP contribution >= 0.6 is 0 Å². The number of para-hydroxylation sites is 1. The summed E-state index contributed by atoms with van der Waals surface area (Å²) in [4.78, 5) is 9.67. The van der Waals surface area contributed by atoms with Gasteiger partial charge in [-0.05, 0) is 18.6 Å². The van der Waals surface area contributed by atoms with E-state index in [1.54, 1.807) is 0 Å². The molecule has 0 aliphatic heterocycles. The summed E-state index contributed by atoms with van der Waals surface area (Å²) in [5, 5.41) is 3.19. The number of carbonyl (C=O) groups excluding carboxylic acids is 1. The van der Waals surface area contributed by atoms with E-state index in [2.05, 4.69) is 10.1 Å². The van der Waals surface area contributed by atoms with Gasteiger partial charge in [-0.25, -0.2) is 0 Å². The molecule has 76 valence electrons. The van der Waals surface area contributed by atoms with E-state index < -0.39 is 0 Å². The van der Waals surface area contributed by atoms with Crippen LogP contribution in [0.5, 0.6) is 0 Å². The fraction of sp³-hybridized carbons (Fsp3) is 0.300. The Labute approximate surface area is 98.1 Å². The molecule has 0 saturated carbocycles. The predicted octanol–water partition coefficient (Wildman–Crippen LogP) is 1.57. The molecule has 0 heterocycles. The minimum atomic E-state index is 0. The molecule has 0 unspecified atom stereocenters. The third kappa shape index (κ3) is 5.76. The molecular formula is C10H12NO2W-. The summed E-state index contributed by atoms with van der Waals surface area (Å²) in [5.41, 5.74) is 1.08. The predicted molar refractivity (Wildman–Crippen MR) is 51.2 cm³/mol. The zero-order chi connectivity index (χ0) is 9.36. The first-order chi connectivity index (χ1) is 6.43. The van der Waals surface area contributed by atoms with E-state index in [4.69, 9.17) is 0 Å². The fourth-order valence-electron chi connectivity index (χ4n) is 0.975. The van der Waals surface area contributed by atoms with E-state index in [1.807, 2.05) is 30.3 Å². The quantitative estimate of drug-likeness (QED) is 0.617. The van der Waals surface area contributed by atoms with Crippen molar-refractivity contribution in [3.63, 3.8) is 0 Å². The molecule has 1 N–H and O–H groups in total. The van der Waals surface area contributed by atoms with Gasteiger partial charge in [0.15, 0.2) is 0 Å². The summed E-state index contributed by atoms with van der Waals surface area (Å²) in [7, 11) is 0. The number of hydrogen-bond acceptors (Lipinski definition) is 3. The molecule has 0 radical (unpaired) electrons. The zero-order valence-electron chi connectivity index (χ0n) is 7.73. The van der Waals surface area contributed by atoms with Gasteiger partial charge in [0, 0.05) is 39.9 Å². The molecule has 3 nitrogen and oxygen atoms in total. The van der Waals surface area contributed by atoms with E-state index in [1.165, 1.54) is 6.47 Å². The summed E-state index contributed by atoms with van der Waals surface area (Å²) in [5.74, 6) is 0. The molecule has 0 aliphatic carbocycles. The average Bonchev–Trinajstić information content (AvgIpc) is 2.19. The van der Waals surface area contributed by atoms with Gasteiger partial charge in [-0.1, -0.05) is 24.7 Å². The van der Waals surface area contributed by atoms with Crippen LogP contribution in [0.25, 0.3) is 0 Å². The standard InChI is InChI=1S/C10H12NO2.W/c12-9-13-8-4-7-11-10-5-2-1-3-6-10;/h1-3,5-6,11H,4,7-8H2;/q-1;. The van der Waals surface area contributed by atoms with E-state index in [-0.39, 0.29) is 21.1 Å². The van der Waals surface area contributed by atoms with Gasteiger partial charge < -0.3 is 14.8 Å². The van der Waals surface area contributed by atoms with Crippen LogP contribution in [0.2, 0.25) is 0 Å². The summed E-state index contributed by atoms with van der Waals surface area (Å²) in [6.45, 7) is 2.61. The molecule has 1 rings (SSSR count). The normalized spacial score (nSPS) is 8.57. The molecule has 4 heteroatoms. The number of hydrogen-bond donors (Lipinski definition) is 1. The van der Waals surface area contributed by atoms with E-state index in [9.17, 15) is 4.79 Å². The van der Waals surface area contributed by atoms with Gasteiger partial charge in [0.05, 0.1) is 0 Å². The molecule has 14 heavy (non-hydrogen) atoms. The van der Waals surface area contributed by atoms with Gasteiger partial charge in [0.25, 0.3) is 0 Å². The Morgan fingerprint density at radius 1 is 1.29 bits per heavy atom. The third-order valence-electron chi connectivity index (χ3n) is 1.59. The molecule has 0 amide bonds. The van der Waals surface area contributed by atoms with Crippen LogP contribution in [0, 0.1) is 0 Å². The first-order valence-corrected chi connectivity index (χ1v) is 4.21. The Morgan fingerprint density at radius 2 is 2.00 bits per heavy atom. The SMILES string of the molecule is O=[C-]OCCCNc1ccccc1.[W]. The summed E-state index contributed by atoms with van der Waals surface area (Å²) in [6.07, 6.45) is 0.796. The number of anilines is 1. The van der Waals surface area contributed by atoms with Crippen molar-refractivity contribution in [2.75, 3.05) is 18.5 Å². The molecule has 0 bridgehead atoms. The summed E-state index contributed by atoms with van der Waals surface area (Å²) >= 11 is 0. The maximum absolute atomic E-state index is 9.67. The monoisotopic (exact) mass is 362 g/mol. The molecule has 1 aromatic carbocycles. The van der Waals surface area contributed by atoms with Crippen molar-refractivity contribution in [2.45, 2.75) is 6.42 Å². The number of benzene rings is 1. The topological polar surface area (TPSA) is 38.3 Å². The molecule has 0 saturated heterocycles. The maximum Gasteiger partial charge on any atom is 0.0497 e. The smallest absolute Gasteiger partial charge is 0.0497 e. The Hall–Kier alpha value is -0.822. The van der Waals surface area contributed by atoms with Crippen LogP contribution in [-0.2, 0) is 30.6 Å². The maximum atomic E-state index is 9.67. The van der Waals surface area contributed by atoms with Crippen LogP contribution in [0.3, 0.4) is 0 Å². The summed E-state index contributed by atoms with van der Waals surface area (Å²) in [6, 6.07) is 9.89. The Bertz CT molecular complexity index is 241. The molecule has 0 spiro atoms. The largest absolute Gasteiger partial charge is 0.653 e. The first kappa shape index (κ1) is 13.2. The van der Waals surface area contributed by atoms with Gasteiger partial charge >= 0.3 is 0 Å². The van der Waals surface area contributed by atoms with Crippen molar-refractivity contribution >= 4 is 12.2 Å². The van der Waals surface area contributed by atoms with E-state index >= 15 is 0 Å². The molecular weight excluding hydrogens is 350 g/mol. The van der Waals surface area contributed by atoms with Crippen molar-refractivity contribution in [1.82, 2.24) is 0 Å². The molecule has 0 atom stereocenters. The van der Waals surface area contributed by atoms with Crippen LogP contribution in [0.4, 0.5) is 5.69 Å². The second-order valence-corrected chi connectivity index (χ2v) is 2.58. The van der Waals surface area contributed by atoms with Gasteiger partial charge in [-0.3, -0.25) is 0 Å². The third-order valence-corrected chi connectivity index (χ3v) is 1.59. The molecule has 0 aromatic heterocycles.